The first-order valence-electron chi connectivity index (χ1n) is 1.72. The highest BCUT2D eigenvalue weighted by Gasteiger charge is 2.23. The molecule has 0 spiro atoms. The van der Waals surface area contributed by atoms with Crippen molar-refractivity contribution in [2.24, 2.45) is 0 Å². The van der Waals surface area contributed by atoms with Crippen molar-refractivity contribution in [2.75, 3.05) is 0 Å². The highest BCUT2D eigenvalue weighted by molar-refractivity contribution is 9.12. The molecule has 2 N–H and O–H groups in total. The minimum absolute atomic E-state index is 0.361. The lowest BCUT2D eigenvalue weighted by Gasteiger charge is -2.15. The Kier molecular flexibility index (Phi) is 2.74. The monoisotopic (exact) mass is 232 g/mol. The van der Waals surface area contributed by atoms with Crippen molar-refractivity contribution in [2.45, 2.75) is 16.4 Å². The zero-order chi connectivity index (χ0) is 6.08. The number of rotatable bonds is 1. The Morgan fingerprint density at radius 2 is 1.71 bits per heavy atom. The number of hydrogen-bond donors (Lipinski definition) is 2. The lowest BCUT2D eigenvalue weighted by molar-refractivity contribution is -0.0641. The fourth-order valence-electron chi connectivity index (χ4n) is 0. The maximum absolute atomic E-state index is 8.52. The number of halogens is 2. The molecule has 0 bridgehead atoms. The van der Waals surface area contributed by atoms with E-state index in [2.05, 4.69) is 31.9 Å². The summed E-state index contributed by atoms with van der Waals surface area (Å²) in [6.45, 7) is 1.62. The largest absolute Gasteiger partial charge is 0.356 e. The summed E-state index contributed by atoms with van der Waals surface area (Å²) in [5, 5.41) is 17.0. The van der Waals surface area contributed by atoms with Crippen LogP contribution in [0.15, 0.2) is 0 Å². The van der Waals surface area contributed by atoms with Gasteiger partial charge in [0.05, 0.1) is 4.83 Å². The molecule has 0 aliphatic carbocycles. The van der Waals surface area contributed by atoms with E-state index >= 15 is 0 Å². The van der Waals surface area contributed by atoms with Crippen LogP contribution in [0, 0.1) is 0 Å². The Hall–Kier alpha value is 0.880. The quantitative estimate of drug-likeness (QED) is 0.520. The van der Waals surface area contributed by atoms with E-state index in [-0.39, 0.29) is 4.83 Å². The van der Waals surface area contributed by atoms with Gasteiger partial charge in [-0.15, -0.1) is 0 Å². The van der Waals surface area contributed by atoms with Crippen LogP contribution in [0.4, 0.5) is 0 Å². The van der Waals surface area contributed by atoms with E-state index < -0.39 is 4.70 Å². The summed E-state index contributed by atoms with van der Waals surface area (Å²) < 4.78 is -1.77. The van der Waals surface area contributed by atoms with Gasteiger partial charge in [0.25, 0.3) is 0 Å². The van der Waals surface area contributed by atoms with Crippen LogP contribution in [-0.4, -0.2) is 19.7 Å². The van der Waals surface area contributed by atoms with E-state index in [1.165, 1.54) is 0 Å². The summed E-state index contributed by atoms with van der Waals surface area (Å²) in [6, 6.07) is 0. The van der Waals surface area contributed by atoms with Gasteiger partial charge in [-0.2, -0.15) is 0 Å². The SMILES string of the molecule is CC(Br)C(O)(O)Br. The first kappa shape index (κ1) is 7.88. The van der Waals surface area contributed by atoms with Crippen LogP contribution in [0.5, 0.6) is 0 Å². The van der Waals surface area contributed by atoms with Crippen LogP contribution in [0.2, 0.25) is 0 Å². The Bertz CT molecular complexity index is 56.4. The first-order chi connectivity index (χ1) is 2.94. The maximum atomic E-state index is 8.52. The van der Waals surface area contributed by atoms with Crippen LogP contribution in [-0.2, 0) is 0 Å². The number of alkyl halides is 2. The summed E-state index contributed by atoms with van der Waals surface area (Å²) in [5.74, 6) is 0. The van der Waals surface area contributed by atoms with Crippen molar-refractivity contribution in [3.63, 3.8) is 0 Å². The van der Waals surface area contributed by atoms with Gasteiger partial charge in [0.15, 0.2) is 0 Å². The van der Waals surface area contributed by atoms with E-state index in [9.17, 15) is 0 Å². The zero-order valence-electron chi connectivity index (χ0n) is 3.73. The summed E-state index contributed by atoms with van der Waals surface area (Å²) >= 11 is 5.55. The van der Waals surface area contributed by atoms with Gasteiger partial charge in [-0.05, 0) is 22.9 Å². The van der Waals surface area contributed by atoms with E-state index in [1.807, 2.05) is 0 Å². The molecule has 0 radical (unpaired) electrons. The topological polar surface area (TPSA) is 40.5 Å². The smallest absolute Gasteiger partial charge is 0.234 e. The van der Waals surface area contributed by atoms with Gasteiger partial charge in [0, 0.05) is 0 Å². The van der Waals surface area contributed by atoms with Gasteiger partial charge in [0.2, 0.25) is 4.70 Å². The molecule has 4 heteroatoms. The molecule has 0 heterocycles. The second-order valence-electron chi connectivity index (χ2n) is 1.25. The fourth-order valence-corrected chi connectivity index (χ4v) is 0. The van der Waals surface area contributed by atoms with Crippen molar-refractivity contribution >= 4 is 31.9 Å². The Morgan fingerprint density at radius 3 is 1.71 bits per heavy atom. The van der Waals surface area contributed by atoms with Gasteiger partial charge in [-0.1, -0.05) is 15.9 Å². The second kappa shape index (κ2) is 2.44. The molecule has 0 aliphatic rings. The third-order valence-electron chi connectivity index (χ3n) is 0.506. The van der Waals surface area contributed by atoms with Crippen molar-refractivity contribution in [1.29, 1.82) is 0 Å². The van der Waals surface area contributed by atoms with E-state index in [0.717, 1.165) is 0 Å². The average molecular weight is 234 g/mol. The summed E-state index contributed by atoms with van der Waals surface area (Å²) in [5.41, 5.74) is 0. The molecule has 2 nitrogen and oxygen atoms in total. The van der Waals surface area contributed by atoms with Crippen LogP contribution in [0.3, 0.4) is 0 Å². The summed E-state index contributed by atoms with van der Waals surface area (Å²) in [4.78, 5) is -0.361. The standard InChI is InChI=1S/C3H6Br2O2/c1-2(4)3(5,6)7/h2,6-7H,1H3. The fraction of sp³-hybridized carbons (Fsp3) is 1.00. The van der Waals surface area contributed by atoms with Gasteiger partial charge < -0.3 is 10.2 Å². The maximum Gasteiger partial charge on any atom is 0.234 e. The van der Waals surface area contributed by atoms with Crippen molar-refractivity contribution in [3.8, 4) is 0 Å². The van der Waals surface area contributed by atoms with Crippen LogP contribution in [0.1, 0.15) is 6.92 Å². The van der Waals surface area contributed by atoms with Gasteiger partial charge >= 0.3 is 0 Å². The molecule has 0 aromatic heterocycles. The highest BCUT2D eigenvalue weighted by atomic mass is 79.9. The summed E-state index contributed by atoms with van der Waals surface area (Å²) in [6.07, 6.45) is 0. The van der Waals surface area contributed by atoms with Crippen LogP contribution >= 0.6 is 31.9 Å². The third-order valence-corrected chi connectivity index (χ3v) is 2.45. The normalized spacial score (nSPS) is 16.7. The molecule has 0 saturated carbocycles. The predicted molar refractivity (Wildman–Crippen MR) is 34.5 cm³/mol. The molecule has 0 fully saturated rings. The summed E-state index contributed by atoms with van der Waals surface area (Å²) in [7, 11) is 0. The minimum Gasteiger partial charge on any atom is -0.356 e. The zero-order valence-corrected chi connectivity index (χ0v) is 6.90. The highest BCUT2D eigenvalue weighted by Crippen LogP contribution is 2.20. The molecule has 1 atom stereocenters. The minimum atomic E-state index is -1.77. The van der Waals surface area contributed by atoms with Crippen LogP contribution < -0.4 is 0 Å². The van der Waals surface area contributed by atoms with Crippen molar-refractivity contribution in [3.05, 3.63) is 0 Å². The average Bonchev–Trinajstić information content (AvgIpc) is 1.31. The lowest BCUT2D eigenvalue weighted by atomic mass is 10.5. The molecule has 0 rings (SSSR count). The second-order valence-corrected chi connectivity index (χ2v) is 3.79. The van der Waals surface area contributed by atoms with Crippen molar-refractivity contribution < 1.29 is 10.2 Å². The van der Waals surface area contributed by atoms with Gasteiger partial charge in [0.1, 0.15) is 0 Å². The molecule has 1 unspecified atom stereocenters. The van der Waals surface area contributed by atoms with E-state index in [4.69, 9.17) is 10.2 Å². The molecular weight excluding hydrogens is 228 g/mol. The molecule has 0 aromatic carbocycles. The Morgan fingerprint density at radius 1 is 1.57 bits per heavy atom. The molecule has 0 saturated heterocycles. The molecule has 0 amide bonds. The molecule has 0 aromatic rings. The van der Waals surface area contributed by atoms with E-state index in [0.29, 0.717) is 0 Å². The number of aliphatic hydroxyl groups is 2. The Labute approximate surface area is 58.8 Å². The van der Waals surface area contributed by atoms with Crippen LogP contribution in [0.25, 0.3) is 0 Å². The molecular formula is C3H6Br2O2. The Balaban J connectivity index is 3.54. The van der Waals surface area contributed by atoms with Crippen molar-refractivity contribution in [1.82, 2.24) is 0 Å². The molecule has 7 heavy (non-hydrogen) atoms. The number of hydrogen-bond acceptors (Lipinski definition) is 2. The molecule has 44 valence electrons. The van der Waals surface area contributed by atoms with Gasteiger partial charge in [-0.3, -0.25) is 0 Å². The lowest BCUT2D eigenvalue weighted by Crippen LogP contribution is -2.28. The van der Waals surface area contributed by atoms with E-state index in [1.54, 1.807) is 6.92 Å². The van der Waals surface area contributed by atoms with Gasteiger partial charge in [-0.25, -0.2) is 0 Å². The third kappa shape index (κ3) is 3.46. The molecule has 0 aliphatic heterocycles. The predicted octanol–water partition coefficient (Wildman–Crippen LogP) is 0.803. The first-order valence-corrected chi connectivity index (χ1v) is 3.43.